The van der Waals surface area contributed by atoms with Gasteiger partial charge in [-0.3, -0.25) is 4.90 Å². The first-order valence-electron chi connectivity index (χ1n) is 12.4. The number of piperidine rings is 1. The van der Waals surface area contributed by atoms with Gasteiger partial charge < -0.3 is 20.3 Å². The fourth-order valence-corrected chi connectivity index (χ4v) is 4.48. The van der Waals surface area contributed by atoms with Gasteiger partial charge in [-0.1, -0.05) is 37.1 Å². The Morgan fingerprint density at radius 1 is 1.06 bits per heavy atom. The van der Waals surface area contributed by atoms with E-state index in [0.717, 1.165) is 31.9 Å². The zero-order chi connectivity index (χ0) is 22.6. The molecule has 2 N–H and O–H groups in total. The summed E-state index contributed by atoms with van der Waals surface area (Å²) in [6, 6.07) is 9.17. The molecule has 1 aromatic carbocycles. The number of carbonyl (C=O) groups is 1. The van der Waals surface area contributed by atoms with Gasteiger partial charge >= 0.3 is 6.09 Å². The van der Waals surface area contributed by atoms with Crippen molar-refractivity contribution < 1.29 is 9.53 Å². The first-order valence-corrected chi connectivity index (χ1v) is 12.4. The summed E-state index contributed by atoms with van der Waals surface area (Å²) in [5.74, 6) is 0.847. The van der Waals surface area contributed by atoms with E-state index < -0.39 is 0 Å². The maximum Gasteiger partial charge on any atom is 0.409 e. The highest BCUT2D eigenvalue weighted by Gasteiger charge is 2.24. The Morgan fingerprint density at radius 3 is 2.42 bits per heavy atom. The minimum absolute atomic E-state index is 0. The zero-order valence-electron chi connectivity index (χ0n) is 20.4. The summed E-state index contributed by atoms with van der Waals surface area (Å²) in [5, 5.41) is 6.92. The summed E-state index contributed by atoms with van der Waals surface area (Å²) in [4.78, 5) is 21.1. The maximum absolute atomic E-state index is 11.9. The van der Waals surface area contributed by atoms with E-state index in [0.29, 0.717) is 32.3 Å². The predicted octanol–water partition coefficient (Wildman–Crippen LogP) is 4.36. The quantitative estimate of drug-likeness (QED) is 0.289. The lowest BCUT2D eigenvalue weighted by Crippen LogP contribution is -2.49. The molecule has 0 radical (unpaired) electrons. The molecule has 2 heterocycles. The average Bonchev–Trinajstić information content (AvgIpc) is 3.07. The molecule has 0 aromatic heterocycles. The highest BCUT2D eigenvalue weighted by molar-refractivity contribution is 14.0. The average molecular weight is 572 g/mol. The number of nitrogens with zero attached hydrogens (tertiary/aromatic N) is 3. The van der Waals surface area contributed by atoms with Gasteiger partial charge in [0.25, 0.3) is 0 Å². The van der Waals surface area contributed by atoms with Crippen molar-refractivity contribution in [1.29, 1.82) is 0 Å². The second kappa shape index (κ2) is 15.4. The van der Waals surface area contributed by atoms with Gasteiger partial charge in [0.1, 0.15) is 0 Å². The van der Waals surface area contributed by atoms with Crippen molar-refractivity contribution >= 4 is 36.0 Å². The lowest BCUT2D eigenvalue weighted by Gasteiger charge is -2.32. The van der Waals surface area contributed by atoms with Crippen LogP contribution in [0.15, 0.2) is 29.3 Å². The molecule has 0 saturated carbocycles. The van der Waals surface area contributed by atoms with Gasteiger partial charge in [0.2, 0.25) is 0 Å². The van der Waals surface area contributed by atoms with Crippen LogP contribution in [0.1, 0.15) is 63.5 Å². The summed E-state index contributed by atoms with van der Waals surface area (Å²) in [6.45, 7) is 10.7. The van der Waals surface area contributed by atoms with Gasteiger partial charge in [-0.15, -0.1) is 24.0 Å². The molecule has 0 unspecified atom stereocenters. The van der Waals surface area contributed by atoms with E-state index >= 15 is 0 Å². The molecule has 0 spiro atoms. The zero-order valence-corrected chi connectivity index (χ0v) is 22.7. The number of hydrogen-bond acceptors (Lipinski definition) is 4. The van der Waals surface area contributed by atoms with Crippen LogP contribution in [0.3, 0.4) is 0 Å². The van der Waals surface area contributed by atoms with Gasteiger partial charge in [-0.2, -0.15) is 0 Å². The van der Waals surface area contributed by atoms with Crippen LogP contribution in [0, 0.1) is 0 Å². The van der Waals surface area contributed by atoms with Crippen LogP contribution in [0.5, 0.6) is 0 Å². The van der Waals surface area contributed by atoms with Crippen LogP contribution in [-0.2, 0) is 17.8 Å². The Hall–Kier alpha value is -1.55. The number of likely N-dealkylation sites (tertiary alicyclic amines) is 2. The van der Waals surface area contributed by atoms with Gasteiger partial charge in [-0.25, -0.2) is 9.79 Å². The summed E-state index contributed by atoms with van der Waals surface area (Å²) in [5.41, 5.74) is 2.62. The summed E-state index contributed by atoms with van der Waals surface area (Å²) >= 11 is 0. The molecule has 0 bridgehead atoms. The Balaban J connectivity index is 0.00000385. The number of aliphatic imine (C=N–C) groups is 1. The number of hydrogen-bond donors (Lipinski definition) is 2. The van der Waals surface area contributed by atoms with Crippen molar-refractivity contribution in [2.45, 2.75) is 71.5 Å². The number of carbonyl (C=O) groups excluding carboxylic acids is 1. The highest BCUT2D eigenvalue weighted by atomic mass is 127. The Bertz CT molecular complexity index is 729. The number of guanidine groups is 1. The summed E-state index contributed by atoms with van der Waals surface area (Å²) < 4.78 is 5.11. The highest BCUT2D eigenvalue weighted by Crippen LogP contribution is 2.15. The second-order valence-electron chi connectivity index (χ2n) is 8.81. The summed E-state index contributed by atoms with van der Waals surface area (Å²) in [6.07, 6.45) is 6.97. The minimum atomic E-state index is -0.202. The Labute approximate surface area is 216 Å². The Kier molecular flexibility index (Phi) is 12.9. The normalized spacial score (nSPS) is 18.2. The first kappa shape index (κ1) is 27.7. The molecular weight excluding hydrogens is 529 g/mol. The number of benzene rings is 1. The van der Waals surface area contributed by atoms with Gasteiger partial charge in [0.15, 0.2) is 5.96 Å². The third-order valence-electron chi connectivity index (χ3n) is 6.22. The van der Waals surface area contributed by atoms with Crippen molar-refractivity contribution in [3.05, 3.63) is 35.4 Å². The van der Waals surface area contributed by atoms with E-state index in [1.54, 1.807) is 4.90 Å². The molecule has 1 aromatic rings. The second-order valence-corrected chi connectivity index (χ2v) is 8.81. The lowest BCUT2D eigenvalue weighted by atomic mass is 10.1. The van der Waals surface area contributed by atoms with Gasteiger partial charge in [0, 0.05) is 32.2 Å². The summed E-state index contributed by atoms with van der Waals surface area (Å²) in [7, 11) is 0. The molecule has 2 fully saturated rings. The predicted molar refractivity (Wildman–Crippen MR) is 145 cm³/mol. The molecule has 2 aliphatic rings. The molecule has 8 heteroatoms. The van der Waals surface area contributed by atoms with Crippen molar-refractivity contribution in [3.8, 4) is 0 Å². The number of rotatable bonds is 7. The standard InChI is InChI=1S/C25H41N5O2.HI/c1-3-26-24(28-23-12-16-30(17-13-23)25(31)32-4-2)27-19-21-10-9-11-22(18-21)20-29-14-7-5-6-8-15-29;/h9-11,18,23H,3-8,12-17,19-20H2,1-2H3,(H2,26,27,28);1H. The fraction of sp³-hybridized carbons (Fsp3) is 0.680. The first-order chi connectivity index (χ1) is 15.7. The topological polar surface area (TPSA) is 69.2 Å². The molecule has 3 rings (SSSR count). The number of ether oxygens (including phenoxy) is 1. The van der Waals surface area contributed by atoms with E-state index in [4.69, 9.17) is 9.73 Å². The van der Waals surface area contributed by atoms with Gasteiger partial charge in [-0.05, 0) is 63.7 Å². The monoisotopic (exact) mass is 571 g/mol. The molecule has 33 heavy (non-hydrogen) atoms. The van der Waals surface area contributed by atoms with Crippen molar-refractivity contribution in [3.63, 3.8) is 0 Å². The van der Waals surface area contributed by atoms with Crippen molar-refractivity contribution in [2.75, 3.05) is 39.3 Å². The third kappa shape index (κ3) is 9.68. The molecule has 1 amide bonds. The molecule has 2 saturated heterocycles. The molecule has 0 aliphatic carbocycles. The molecule has 186 valence electrons. The van der Waals surface area contributed by atoms with E-state index in [-0.39, 0.29) is 30.1 Å². The largest absolute Gasteiger partial charge is 0.450 e. The lowest BCUT2D eigenvalue weighted by molar-refractivity contribution is 0.0963. The van der Waals surface area contributed by atoms with E-state index in [9.17, 15) is 4.79 Å². The molecule has 2 aliphatic heterocycles. The van der Waals surface area contributed by atoms with Crippen LogP contribution in [0.4, 0.5) is 4.79 Å². The van der Waals surface area contributed by atoms with Crippen LogP contribution in [0.2, 0.25) is 0 Å². The van der Waals surface area contributed by atoms with E-state index in [1.165, 1.54) is 49.9 Å². The van der Waals surface area contributed by atoms with Gasteiger partial charge in [0.05, 0.1) is 13.2 Å². The van der Waals surface area contributed by atoms with E-state index in [2.05, 4.69) is 46.7 Å². The number of nitrogens with one attached hydrogen (secondary N) is 2. The molecular formula is C25H42IN5O2. The van der Waals surface area contributed by atoms with Crippen LogP contribution in [-0.4, -0.2) is 67.2 Å². The smallest absolute Gasteiger partial charge is 0.409 e. The van der Waals surface area contributed by atoms with Crippen LogP contribution < -0.4 is 10.6 Å². The maximum atomic E-state index is 11.9. The van der Waals surface area contributed by atoms with Crippen LogP contribution in [0.25, 0.3) is 0 Å². The SMILES string of the molecule is CCNC(=NCc1cccc(CN2CCCCCC2)c1)NC1CCN(C(=O)OCC)CC1.I. The van der Waals surface area contributed by atoms with Crippen molar-refractivity contribution in [2.24, 2.45) is 4.99 Å². The molecule has 0 atom stereocenters. The van der Waals surface area contributed by atoms with Crippen LogP contribution >= 0.6 is 24.0 Å². The number of halogens is 1. The minimum Gasteiger partial charge on any atom is -0.450 e. The van der Waals surface area contributed by atoms with Crippen molar-refractivity contribution in [1.82, 2.24) is 20.4 Å². The Morgan fingerprint density at radius 2 is 1.76 bits per heavy atom. The molecule has 7 nitrogen and oxygen atoms in total. The fourth-order valence-electron chi connectivity index (χ4n) is 4.48. The number of amides is 1. The third-order valence-corrected chi connectivity index (χ3v) is 6.22. The van der Waals surface area contributed by atoms with E-state index in [1.807, 2.05) is 6.92 Å².